The molecule has 2 aromatic heterocycles. The summed E-state index contributed by atoms with van der Waals surface area (Å²) < 4.78 is 5.32. The second kappa shape index (κ2) is 12.1. The van der Waals surface area contributed by atoms with Crippen molar-refractivity contribution in [1.82, 2.24) is 25.8 Å². The van der Waals surface area contributed by atoms with Gasteiger partial charge in [-0.2, -0.15) is 5.10 Å². The zero-order valence-corrected chi connectivity index (χ0v) is 19.2. The van der Waals surface area contributed by atoms with Gasteiger partial charge in [-0.25, -0.2) is 4.98 Å². The lowest BCUT2D eigenvalue weighted by Crippen LogP contribution is -2.38. The normalized spacial score (nSPS) is 19.9. The molecule has 1 fully saturated rings. The fraction of sp³-hybridized carbons (Fsp3) is 0.650. The van der Waals surface area contributed by atoms with E-state index in [1.165, 1.54) is 32.1 Å². The van der Waals surface area contributed by atoms with E-state index in [0.717, 1.165) is 49.7 Å². The molecule has 3 N–H and O–H groups in total. The molecule has 2 aromatic rings. The number of nitrogens with zero attached hydrogens (tertiary/aromatic N) is 3. The number of furan rings is 1. The third kappa shape index (κ3) is 7.10. The molecule has 0 spiro atoms. The Kier molecular flexibility index (Phi) is 9.80. The minimum atomic E-state index is 0. The number of guanidine groups is 1. The van der Waals surface area contributed by atoms with Gasteiger partial charge in [-0.3, -0.25) is 10.1 Å². The Morgan fingerprint density at radius 3 is 3.00 bits per heavy atom. The third-order valence-electron chi connectivity index (χ3n) is 5.12. The van der Waals surface area contributed by atoms with Gasteiger partial charge >= 0.3 is 0 Å². The summed E-state index contributed by atoms with van der Waals surface area (Å²) in [5, 5.41) is 13.9. The molecule has 1 aliphatic carbocycles. The van der Waals surface area contributed by atoms with Crippen molar-refractivity contribution in [1.29, 1.82) is 0 Å². The average Bonchev–Trinajstić information content (AvgIpc) is 3.33. The van der Waals surface area contributed by atoms with Crippen molar-refractivity contribution in [3.8, 4) is 11.6 Å². The van der Waals surface area contributed by atoms with Gasteiger partial charge in [0.2, 0.25) is 5.82 Å². The molecule has 8 heteroatoms. The molecule has 0 aliphatic heterocycles. The Labute approximate surface area is 184 Å². The molecular weight excluding hydrogens is 467 g/mol. The second-order valence-corrected chi connectivity index (χ2v) is 7.45. The summed E-state index contributed by atoms with van der Waals surface area (Å²) in [4.78, 5) is 9.21. The number of aromatic amines is 1. The van der Waals surface area contributed by atoms with Crippen LogP contribution < -0.4 is 10.6 Å². The maximum absolute atomic E-state index is 5.32. The minimum absolute atomic E-state index is 0. The Bertz CT molecular complexity index is 699. The van der Waals surface area contributed by atoms with Crippen LogP contribution in [0.25, 0.3) is 11.6 Å². The molecule has 1 saturated carbocycles. The van der Waals surface area contributed by atoms with Gasteiger partial charge in [-0.05, 0) is 43.7 Å². The number of halogens is 1. The predicted molar refractivity (Wildman–Crippen MR) is 123 cm³/mol. The number of hydrogen-bond donors (Lipinski definition) is 3. The van der Waals surface area contributed by atoms with Crippen LogP contribution in [0.15, 0.2) is 27.8 Å². The first kappa shape index (κ1) is 22.7. The highest BCUT2D eigenvalue weighted by molar-refractivity contribution is 14.0. The van der Waals surface area contributed by atoms with E-state index in [4.69, 9.17) is 9.41 Å². The minimum Gasteiger partial charge on any atom is -0.461 e. The van der Waals surface area contributed by atoms with E-state index in [0.29, 0.717) is 11.6 Å². The summed E-state index contributed by atoms with van der Waals surface area (Å²) in [5.41, 5.74) is 0. The van der Waals surface area contributed by atoms with Gasteiger partial charge in [0.1, 0.15) is 5.82 Å². The van der Waals surface area contributed by atoms with E-state index < -0.39 is 0 Å². The van der Waals surface area contributed by atoms with Gasteiger partial charge in [-0.15, -0.1) is 24.0 Å². The van der Waals surface area contributed by atoms with E-state index >= 15 is 0 Å². The standard InChI is InChI=1S/C20H32N6O.HI/c1-3-21-20(22-11-9-16-7-4-6-15(2)14-16)23-12-10-18-24-19(26-25-18)17-8-5-13-27-17;/h5,8,13,15-16H,3-4,6-7,9-12,14H2,1-2H3,(H2,21,22,23)(H,24,25,26);1H. The van der Waals surface area contributed by atoms with Crippen LogP contribution in [0.1, 0.15) is 51.8 Å². The van der Waals surface area contributed by atoms with E-state index in [1.807, 2.05) is 12.1 Å². The number of aliphatic imine (C=N–C) groups is 1. The molecule has 3 rings (SSSR count). The second-order valence-electron chi connectivity index (χ2n) is 7.45. The van der Waals surface area contributed by atoms with Crippen molar-refractivity contribution < 1.29 is 4.42 Å². The first-order valence-corrected chi connectivity index (χ1v) is 10.2. The summed E-state index contributed by atoms with van der Waals surface area (Å²) in [7, 11) is 0. The largest absolute Gasteiger partial charge is 0.461 e. The van der Waals surface area contributed by atoms with Crippen LogP contribution in [0.2, 0.25) is 0 Å². The summed E-state index contributed by atoms with van der Waals surface area (Å²) in [6, 6.07) is 3.69. The van der Waals surface area contributed by atoms with Crippen molar-refractivity contribution in [3.05, 3.63) is 24.2 Å². The lowest BCUT2D eigenvalue weighted by atomic mass is 9.81. The number of nitrogens with one attached hydrogen (secondary N) is 3. The maximum atomic E-state index is 5.32. The monoisotopic (exact) mass is 500 g/mol. The molecule has 7 nitrogen and oxygen atoms in total. The highest BCUT2D eigenvalue weighted by Crippen LogP contribution is 2.30. The summed E-state index contributed by atoms with van der Waals surface area (Å²) in [6.45, 7) is 6.96. The van der Waals surface area contributed by atoms with Crippen LogP contribution in [0.5, 0.6) is 0 Å². The lowest BCUT2D eigenvalue weighted by Gasteiger charge is -2.26. The van der Waals surface area contributed by atoms with Gasteiger partial charge in [-0.1, -0.05) is 26.2 Å². The first-order chi connectivity index (χ1) is 13.2. The Hall–Kier alpha value is -1.58. The summed E-state index contributed by atoms with van der Waals surface area (Å²) in [6.07, 6.45) is 9.07. The predicted octanol–water partition coefficient (Wildman–Crippen LogP) is 4.00. The summed E-state index contributed by atoms with van der Waals surface area (Å²) >= 11 is 0. The SMILES string of the molecule is CCNC(=NCCC1CCCC(C)C1)NCCc1nc(-c2ccco2)n[nH]1.I. The summed E-state index contributed by atoms with van der Waals surface area (Å²) in [5.74, 6) is 4.71. The van der Waals surface area contributed by atoms with E-state index in [-0.39, 0.29) is 24.0 Å². The molecule has 2 heterocycles. The fourth-order valence-corrected chi connectivity index (χ4v) is 3.74. The zero-order chi connectivity index (χ0) is 18.9. The molecule has 156 valence electrons. The van der Waals surface area contributed by atoms with Crippen molar-refractivity contribution in [2.45, 2.75) is 52.4 Å². The van der Waals surface area contributed by atoms with E-state index in [1.54, 1.807) is 6.26 Å². The smallest absolute Gasteiger partial charge is 0.216 e. The Morgan fingerprint density at radius 2 is 2.25 bits per heavy atom. The van der Waals surface area contributed by atoms with Crippen molar-refractivity contribution in [3.63, 3.8) is 0 Å². The highest BCUT2D eigenvalue weighted by Gasteiger charge is 2.18. The van der Waals surface area contributed by atoms with Crippen LogP contribution in [-0.2, 0) is 6.42 Å². The number of rotatable bonds is 8. The topological polar surface area (TPSA) is 91.1 Å². The van der Waals surface area contributed by atoms with Crippen LogP contribution in [-0.4, -0.2) is 40.8 Å². The van der Waals surface area contributed by atoms with Gasteiger partial charge < -0.3 is 15.1 Å². The molecule has 0 saturated heterocycles. The van der Waals surface area contributed by atoms with Gasteiger partial charge in [0.15, 0.2) is 11.7 Å². The van der Waals surface area contributed by atoms with Crippen molar-refractivity contribution in [2.24, 2.45) is 16.8 Å². The van der Waals surface area contributed by atoms with Crippen molar-refractivity contribution in [2.75, 3.05) is 19.6 Å². The Morgan fingerprint density at radius 1 is 1.36 bits per heavy atom. The molecule has 1 aliphatic rings. The molecular formula is C20H33IN6O. The lowest BCUT2D eigenvalue weighted by molar-refractivity contribution is 0.272. The van der Waals surface area contributed by atoms with Gasteiger partial charge in [0.25, 0.3) is 0 Å². The average molecular weight is 500 g/mol. The number of hydrogen-bond acceptors (Lipinski definition) is 4. The maximum Gasteiger partial charge on any atom is 0.216 e. The highest BCUT2D eigenvalue weighted by atomic mass is 127. The molecule has 0 amide bonds. The molecule has 2 atom stereocenters. The van der Waals surface area contributed by atoms with Crippen LogP contribution in [0, 0.1) is 11.8 Å². The molecule has 0 bridgehead atoms. The molecule has 28 heavy (non-hydrogen) atoms. The Balaban J connectivity index is 0.00000280. The van der Waals surface area contributed by atoms with Crippen LogP contribution in [0.3, 0.4) is 0 Å². The number of H-pyrrole nitrogens is 1. The number of aromatic nitrogens is 3. The molecule has 0 aromatic carbocycles. The van der Waals surface area contributed by atoms with E-state index in [2.05, 4.69) is 39.7 Å². The van der Waals surface area contributed by atoms with E-state index in [9.17, 15) is 0 Å². The van der Waals surface area contributed by atoms with Crippen LogP contribution in [0.4, 0.5) is 0 Å². The zero-order valence-electron chi connectivity index (χ0n) is 16.9. The quantitative estimate of drug-likeness (QED) is 0.290. The molecule has 2 unspecified atom stereocenters. The van der Waals surface area contributed by atoms with Gasteiger partial charge in [0, 0.05) is 26.1 Å². The third-order valence-corrected chi connectivity index (χ3v) is 5.12. The van der Waals surface area contributed by atoms with Crippen LogP contribution >= 0.6 is 24.0 Å². The van der Waals surface area contributed by atoms with Gasteiger partial charge in [0.05, 0.1) is 6.26 Å². The van der Waals surface area contributed by atoms with Crippen molar-refractivity contribution >= 4 is 29.9 Å². The molecule has 0 radical (unpaired) electrons. The fourth-order valence-electron chi connectivity index (χ4n) is 3.74. The first-order valence-electron chi connectivity index (χ1n) is 10.2.